The maximum absolute atomic E-state index is 12.7. The van der Waals surface area contributed by atoms with Gasteiger partial charge in [0.25, 0.3) is 0 Å². The van der Waals surface area contributed by atoms with E-state index in [1.807, 2.05) is 24.3 Å². The molecule has 0 saturated heterocycles. The Labute approximate surface area is 173 Å². The fourth-order valence-corrected chi connectivity index (χ4v) is 4.74. The quantitative estimate of drug-likeness (QED) is 0.548. The van der Waals surface area contributed by atoms with Gasteiger partial charge in [0.1, 0.15) is 5.75 Å². The van der Waals surface area contributed by atoms with E-state index in [4.69, 9.17) is 4.74 Å². The van der Waals surface area contributed by atoms with Crippen LogP contribution in [-0.2, 0) is 23.8 Å². The summed E-state index contributed by atoms with van der Waals surface area (Å²) in [4.78, 5) is 1.33. The summed E-state index contributed by atoms with van der Waals surface area (Å²) in [7, 11) is -3.18. The lowest BCUT2D eigenvalue weighted by atomic mass is 9.91. The van der Waals surface area contributed by atoms with Gasteiger partial charge in [-0.2, -0.15) is 13.2 Å². The van der Waals surface area contributed by atoms with Crippen molar-refractivity contribution in [2.75, 3.05) is 11.3 Å². The molecule has 2 unspecified atom stereocenters. The van der Waals surface area contributed by atoms with Gasteiger partial charge in [0.05, 0.1) is 12.3 Å². The Morgan fingerprint density at radius 3 is 2.72 bits per heavy atom. The van der Waals surface area contributed by atoms with Gasteiger partial charge in [0.15, 0.2) is 0 Å². The molecule has 0 spiro atoms. The van der Waals surface area contributed by atoms with Crippen LogP contribution >= 0.6 is 11.3 Å². The molecule has 0 amide bonds. The first-order valence-corrected chi connectivity index (χ1v) is 11.1. The molecule has 152 valence electrons. The van der Waals surface area contributed by atoms with Gasteiger partial charge >= 0.3 is 5.51 Å². The average Bonchev–Trinajstić information content (AvgIpc) is 3.20. The predicted octanol–water partition coefficient (Wildman–Crippen LogP) is 5.80. The third kappa shape index (κ3) is 4.64. The van der Waals surface area contributed by atoms with Gasteiger partial charge < -0.3 is 4.74 Å². The van der Waals surface area contributed by atoms with E-state index in [2.05, 4.69) is 16.2 Å². The van der Waals surface area contributed by atoms with E-state index in [1.165, 1.54) is 10.9 Å². The Bertz CT molecular complexity index is 1020. The van der Waals surface area contributed by atoms with E-state index in [0.29, 0.717) is 23.7 Å². The van der Waals surface area contributed by atoms with Crippen LogP contribution in [0.4, 0.5) is 18.9 Å². The Kier molecular flexibility index (Phi) is 5.65. The molecule has 1 aliphatic rings. The number of anilines is 1. The molecule has 3 nitrogen and oxygen atoms in total. The summed E-state index contributed by atoms with van der Waals surface area (Å²) in [5, 5.41) is 2.07. The summed E-state index contributed by atoms with van der Waals surface area (Å²) in [5.74, 6) is 1.15. The lowest BCUT2D eigenvalue weighted by Gasteiger charge is -2.25. The van der Waals surface area contributed by atoms with Gasteiger partial charge in [-0.15, -0.1) is 11.3 Å². The SMILES string of the molecule is O=S(Nc1ccccc1-c1ccc2c(c1)OCC(Cc1cccs1)C2)C(F)(F)F. The molecule has 0 saturated carbocycles. The smallest absolute Gasteiger partial charge is 0.490 e. The number of rotatable bonds is 5. The number of nitrogens with one attached hydrogen (secondary N) is 1. The van der Waals surface area contributed by atoms with E-state index < -0.39 is 16.5 Å². The van der Waals surface area contributed by atoms with Gasteiger partial charge in [-0.3, -0.25) is 4.72 Å². The van der Waals surface area contributed by atoms with Crippen molar-refractivity contribution in [1.29, 1.82) is 0 Å². The summed E-state index contributed by atoms with van der Waals surface area (Å²) >= 11 is 1.74. The number of alkyl halides is 3. The monoisotopic (exact) mass is 437 g/mol. The molecule has 2 atom stereocenters. The molecule has 2 aromatic carbocycles. The van der Waals surface area contributed by atoms with E-state index in [9.17, 15) is 17.4 Å². The Balaban J connectivity index is 1.55. The number of thiophene rings is 1. The molecule has 4 rings (SSSR count). The first-order valence-electron chi connectivity index (χ1n) is 9.03. The highest BCUT2D eigenvalue weighted by Crippen LogP contribution is 2.36. The highest BCUT2D eigenvalue weighted by molar-refractivity contribution is 7.87. The van der Waals surface area contributed by atoms with Crippen LogP contribution in [0.25, 0.3) is 11.1 Å². The van der Waals surface area contributed by atoms with Crippen LogP contribution < -0.4 is 9.46 Å². The second kappa shape index (κ2) is 8.20. The number of fused-ring (bicyclic) bond motifs is 1. The number of ether oxygens (including phenoxy) is 1. The fourth-order valence-electron chi connectivity index (χ4n) is 3.43. The summed E-state index contributed by atoms with van der Waals surface area (Å²) in [5.41, 5.74) is -2.33. The number of hydrogen-bond acceptors (Lipinski definition) is 3. The van der Waals surface area contributed by atoms with E-state index >= 15 is 0 Å². The van der Waals surface area contributed by atoms with Crippen LogP contribution in [0.3, 0.4) is 0 Å². The topological polar surface area (TPSA) is 38.3 Å². The molecule has 1 aliphatic heterocycles. The zero-order valence-corrected chi connectivity index (χ0v) is 16.9. The summed E-state index contributed by atoms with van der Waals surface area (Å²) < 4.78 is 57.6. The lowest BCUT2D eigenvalue weighted by molar-refractivity contribution is -0.0379. The standard InChI is InChI=1S/C21H18F3NO2S2/c22-21(23,24)29(26)25-19-6-2-1-5-18(19)15-7-8-16-10-14(13-27-20(16)12-15)11-17-4-3-9-28-17/h1-9,12,14,25H,10-11,13H2. The second-order valence-corrected chi connectivity index (χ2v) is 9.09. The van der Waals surface area contributed by atoms with Crippen molar-refractivity contribution in [3.63, 3.8) is 0 Å². The third-order valence-corrected chi connectivity index (χ3v) is 6.50. The van der Waals surface area contributed by atoms with Crippen molar-refractivity contribution in [3.8, 4) is 16.9 Å². The van der Waals surface area contributed by atoms with E-state index in [0.717, 1.165) is 24.2 Å². The molecule has 1 aromatic heterocycles. The van der Waals surface area contributed by atoms with Gasteiger partial charge in [-0.05, 0) is 47.5 Å². The van der Waals surface area contributed by atoms with Crippen LogP contribution in [0, 0.1) is 5.92 Å². The van der Waals surface area contributed by atoms with Gasteiger partial charge in [0.2, 0.25) is 11.0 Å². The average molecular weight is 438 g/mol. The molecule has 29 heavy (non-hydrogen) atoms. The minimum Gasteiger partial charge on any atom is -0.493 e. The maximum Gasteiger partial charge on any atom is 0.490 e. The van der Waals surface area contributed by atoms with E-state index in [1.54, 1.807) is 29.5 Å². The van der Waals surface area contributed by atoms with Gasteiger partial charge in [-0.25, -0.2) is 4.21 Å². The Morgan fingerprint density at radius 1 is 1.14 bits per heavy atom. The normalized spacial score (nSPS) is 17.3. The van der Waals surface area contributed by atoms with Crippen LogP contribution in [0.15, 0.2) is 60.0 Å². The second-order valence-electron chi connectivity index (χ2n) is 6.85. The van der Waals surface area contributed by atoms with Crippen LogP contribution in [0.2, 0.25) is 0 Å². The third-order valence-electron chi connectivity index (χ3n) is 4.77. The molecule has 0 aliphatic carbocycles. The van der Waals surface area contributed by atoms with Crippen molar-refractivity contribution in [3.05, 3.63) is 70.4 Å². The zero-order valence-electron chi connectivity index (χ0n) is 15.2. The molecule has 0 bridgehead atoms. The summed E-state index contributed by atoms with van der Waals surface area (Å²) in [6, 6.07) is 16.3. The Morgan fingerprint density at radius 2 is 1.97 bits per heavy atom. The van der Waals surface area contributed by atoms with Crippen molar-refractivity contribution in [1.82, 2.24) is 0 Å². The van der Waals surface area contributed by atoms with Gasteiger partial charge in [-0.1, -0.05) is 36.4 Å². The molecule has 0 radical (unpaired) electrons. The van der Waals surface area contributed by atoms with Gasteiger partial charge in [0, 0.05) is 16.4 Å². The van der Waals surface area contributed by atoms with Crippen molar-refractivity contribution >= 4 is 28.0 Å². The largest absolute Gasteiger partial charge is 0.493 e. The van der Waals surface area contributed by atoms with Crippen molar-refractivity contribution in [2.45, 2.75) is 18.3 Å². The predicted molar refractivity (Wildman–Crippen MR) is 110 cm³/mol. The molecule has 2 heterocycles. The fraction of sp³-hybridized carbons (Fsp3) is 0.238. The number of para-hydroxylation sites is 1. The molecule has 0 fully saturated rings. The summed E-state index contributed by atoms with van der Waals surface area (Å²) in [6.45, 7) is 0.604. The Hall–Kier alpha value is -2.32. The zero-order chi connectivity index (χ0) is 20.4. The molecular formula is C21H18F3NO2S2. The number of hydrogen-bond donors (Lipinski definition) is 1. The highest BCUT2D eigenvalue weighted by atomic mass is 32.2. The highest BCUT2D eigenvalue weighted by Gasteiger charge is 2.37. The molecule has 3 aromatic rings. The molecule has 1 N–H and O–H groups in total. The van der Waals surface area contributed by atoms with Crippen molar-refractivity contribution < 1.29 is 22.1 Å². The number of halogens is 3. The first-order chi connectivity index (χ1) is 13.9. The molecular weight excluding hydrogens is 419 g/mol. The van der Waals surface area contributed by atoms with E-state index in [-0.39, 0.29) is 5.69 Å². The van der Waals surface area contributed by atoms with Crippen LogP contribution in [-0.4, -0.2) is 16.3 Å². The van der Waals surface area contributed by atoms with Crippen LogP contribution in [0.5, 0.6) is 5.75 Å². The maximum atomic E-state index is 12.7. The minimum atomic E-state index is -4.83. The minimum absolute atomic E-state index is 0.162. The lowest BCUT2D eigenvalue weighted by Crippen LogP contribution is -2.23. The molecule has 8 heteroatoms. The van der Waals surface area contributed by atoms with Crippen LogP contribution in [0.1, 0.15) is 10.4 Å². The number of benzene rings is 2. The van der Waals surface area contributed by atoms with Crippen molar-refractivity contribution in [2.24, 2.45) is 5.92 Å². The summed E-state index contributed by atoms with van der Waals surface area (Å²) in [6.07, 6.45) is 1.86. The first kappa shape index (κ1) is 20.0.